The van der Waals surface area contributed by atoms with Crippen LogP contribution in [0.5, 0.6) is 0 Å². The summed E-state index contributed by atoms with van der Waals surface area (Å²) in [6.07, 6.45) is 3.67. The summed E-state index contributed by atoms with van der Waals surface area (Å²) in [7, 11) is 0. The highest BCUT2D eigenvalue weighted by Gasteiger charge is 2.37. The molecule has 0 spiro atoms. The highest BCUT2D eigenvalue weighted by atomic mass is 16.2. The minimum atomic E-state index is -0.419. The van der Waals surface area contributed by atoms with Gasteiger partial charge >= 0.3 is 0 Å². The van der Waals surface area contributed by atoms with Crippen molar-refractivity contribution in [3.63, 3.8) is 0 Å². The van der Waals surface area contributed by atoms with Gasteiger partial charge in [0.25, 0.3) is 0 Å². The van der Waals surface area contributed by atoms with Crippen molar-refractivity contribution in [3.05, 3.63) is 35.9 Å². The zero-order chi connectivity index (χ0) is 20.6. The Hall–Kier alpha value is -2.54. The molecule has 2 saturated heterocycles. The lowest BCUT2D eigenvalue weighted by Crippen LogP contribution is -2.48. The van der Waals surface area contributed by atoms with Gasteiger partial charge in [-0.1, -0.05) is 30.3 Å². The van der Waals surface area contributed by atoms with Crippen LogP contribution in [0.25, 0.3) is 0 Å². The van der Waals surface area contributed by atoms with Gasteiger partial charge in [-0.3, -0.25) is 19.2 Å². The summed E-state index contributed by atoms with van der Waals surface area (Å²) in [5.41, 5.74) is 0.907. The Morgan fingerprint density at radius 1 is 1.03 bits per heavy atom. The van der Waals surface area contributed by atoms with Crippen LogP contribution in [0.3, 0.4) is 0 Å². The predicted molar refractivity (Wildman–Crippen MR) is 108 cm³/mol. The van der Waals surface area contributed by atoms with Crippen LogP contribution >= 0.6 is 0 Å². The lowest BCUT2D eigenvalue weighted by atomic mass is 10.0. The minimum absolute atomic E-state index is 0.00862. The molecule has 1 unspecified atom stereocenters. The number of nitrogens with zero attached hydrogens (tertiary/aromatic N) is 1. The Morgan fingerprint density at radius 3 is 2.55 bits per heavy atom. The van der Waals surface area contributed by atoms with E-state index in [1.165, 1.54) is 0 Å². The topological polar surface area (TPSA) is 95.6 Å². The number of amides is 2. The van der Waals surface area contributed by atoms with Crippen molar-refractivity contribution in [2.24, 2.45) is 0 Å². The summed E-state index contributed by atoms with van der Waals surface area (Å²) in [5, 5.41) is 5.79. The number of likely N-dealkylation sites (tertiary alicyclic amines) is 1. The van der Waals surface area contributed by atoms with Crippen molar-refractivity contribution >= 4 is 23.4 Å². The highest BCUT2D eigenvalue weighted by molar-refractivity contribution is 5.94. The molecule has 2 amide bonds. The molecule has 2 heterocycles. The number of hydrogen-bond acceptors (Lipinski definition) is 5. The van der Waals surface area contributed by atoms with Gasteiger partial charge in [-0.05, 0) is 37.8 Å². The van der Waals surface area contributed by atoms with Gasteiger partial charge in [-0.25, -0.2) is 0 Å². The smallest absolute Gasteiger partial charge is 0.240 e. The Bertz CT molecular complexity index is 744. The SMILES string of the molecule is O=C(CNC(=O)CCC(=O)C1CCCN1C(=O)[C@@H]1CCCN1)Cc1ccccc1. The van der Waals surface area contributed by atoms with Gasteiger partial charge in [0.15, 0.2) is 11.6 Å². The molecule has 2 atom stereocenters. The second-order valence-electron chi connectivity index (χ2n) is 7.78. The molecule has 1 aromatic carbocycles. The van der Waals surface area contributed by atoms with Crippen LogP contribution in [-0.4, -0.2) is 60.0 Å². The van der Waals surface area contributed by atoms with E-state index >= 15 is 0 Å². The van der Waals surface area contributed by atoms with Crippen molar-refractivity contribution in [2.45, 2.75) is 57.0 Å². The zero-order valence-electron chi connectivity index (χ0n) is 16.7. The maximum absolute atomic E-state index is 12.6. The molecule has 3 rings (SSSR count). The molecule has 0 aromatic heterocycles. The van der Waals surface area contributed by atoms with Gasteiger partial charge in [0, 0.05) is 25.8 Å². The summed E-state index contributed by atoms with van der Waals surface area (Å²) in [5.74, 6) is -0.450. The number of benzene rings is 1. The summed E-state index contributed by atoms with van der Waals surface area (Å²) < 4.78 is 0. The molecule has 1 aromatic rings. The highest BCUT2D eigenvalue weighted by Crippen LogP contribution is 2.22. The molecular formula is C22H29N3O4. The van der Waals surface area contributed by atoms with Crippen LogP contribution < -0.4 is 10.6 Å². The fourth-order valence-corrected chi connectivity index (χ4v) is 4.04. The molecule has 29 heavy (non-hydrogen) atoms. The Kier molecular flexibility index (Phi) is 7.52. The molecule has 0 aliphatic carbocycles. The third-order valence-corrected chi connectivity index (χ3v) is 5.59. The number of ketones is 2. The first-order valence-electron chi connectivity index (χ1n) is 10.4. The third kappa shape index (κ3) is 5.97. The number of nitrogens with one attached hydrogen (secondary N) is 2. The summed E-state index contributed by atoms with van der Waals surface area (Å²) in [4.78, 5) is 50.9. The average Bonchev–Trinajstić information content (AvgIpc) is 3.43. The van der Waals surface area contributed by atoms with E-state index in [-0.39, 0.29) is 55.2 Å². The van der Waals surface area contributed by atoms with E-state index in [2.05, 4.69) is 10.6 Å². The second kappa shape index (κ2) is 10.3. The molecule has 2 aliphatic heterocycles. The van der Waals surface area contributed by atoms with Gasteiger partial charge in [0.2, 0.25) is 11.8 Å². The van der Waals surface area contributed by atoms with Crippen molar-refractivity contribution in [1.29, 1.82) is 0 Å². The van der Waals surface area contributed by atoms with Crippen molar-refractivity contribution in [3.8, 4) is 0 Å². The van der Waals surface area contributed by atoms with Crippen LogP contribution in [0, 0.1) is 0 Å². The standard InChI is InChI=1S/C22H29N3O4/c26-17(14-16-6-2-1-3-7-16)15-24-21(28)11-10-20(27)19-9-5-13-25(19)22(29)18-8-4-12-23-18/h1-3,6-7,18-19,23H,4-5,8-15H2,(H,24,28)/t18-,19?/m0/s1. The Balaban J connectivity index is 1.39. The summed E-state index contributed by atoms with van der Waals surface area (Å²) in [6, 6.07) is 8.76. The minimum Gasteiger partial charge on any atom is -0.349 e. The van der Waals surface area contributed by atoms with Gasteiger partial charge in [-0.15, -0.1) is 0 Å². The maximum atomic E-state index is 12.6. The first-order valence-corrected chi connectivity index (χ1v) is 10.4. The van der Waals surface area contributed by atoms with Crippen LogP contribution in [0.2, 0.25) is 0 Å². The molecule has 7 nitrogen and oxygen atoms in total. The quantitative estimate of drug-likeness (QED) is 0.646. The van der Waals surface area contributed by atoms with Crippen LogP contribution in [0.4, 0.5) is 0 Å². The first kappa shape index (κ1) is 21.2. The number of hydrogen-bond donors (Lipinski definition) is 2. The van der Waals surface area contributed by atoms with Gasteiger partial charge in [0.05, 0.1) is 18.6 Å². The zero-order valence-corrected chi connectivity index (χ0v) is 16.7. The maximum Gasteiger partial charge on any atom is 0.240 e. The van der Waals surface area contributed by atoms with E-state index in [1.54, 1.807) is 4.90 Å². The third-order valence-electron chi connectivity index (χ3n) is 5.59. The molecule has 2 N–H and O–H groups in total. The molecule has 2 fully saturated rings. The number of rotatable bonds is 9. The molecule has 156 valence electrons. The largest absolute Gasteiger partial charge is 0.349 e. The second-order valence-corrected chi connectivity index (χ2v) is 7.78. The van der Waals surface area contributed by atoms with E-state index < -0.39 is 6.04 Å². The average molecular weight is 399 g/mol. The normalized spacial score (nSPS) is 21.2. The fraction of sp³-hybridized carbons (Fsp3) is 0.545. The number of Topliss-reactive ketones (excluding diaryl/α,β-unsaturated/α-hetero) is 2. The van der Waals surface area contributed by atoms with E-state index in [1.807, 2.05) is 30.3 Å². The number of carbonyl (C=O) groups excluding carboxylic acids is 4. The molecule has 0 radical (unpaired) electrons. The van der Waals surface area contributed by atoms with E-state index in [0.29, 0.717) is 13.0 Å². The number of carbonyl (C=O) groups is 4. The van der Waals surface area contributed by atoms with Crippen LogP contribution in [0.15, 0.2) is 30.3 Å². The molecular weight excluding hydrogens is 370 g/mol. The molecule has 7 heteroatoms. The van der Waals surface area contributed by atoms with Crippen molar-refractivity contribution < 1.29 is 19.2 Å². The lowest BCUT2D eigenvalue weighted by molar-refractivity contribution is -0.139. The molecule has 2 aliphatic rings. The molecule has 0 saturated carbocycles. The van der Waals surface area contributed by atoms with E-state index in [9.17, 15) is 19.2 Å². The van der Waals surface area contributed by atoms with E-state index in [4.69, 9.17) is 0 Å². The van der Waals surface area contributed by atoms with Crippen LogP contribution in [0.1, 0.15) is 44.1 Å². The summed E-state index contributed by atoms with van der Waals surface area (Å²) >= 11 is 0. The van der Waals surface area contributed by atoms with Gasteiger partial charge < -0.3 is 15.5 Å². The lowest BCUT2D eigenvalue weighted by Gasteiger charge is -2.26. The van der Waals surface area contributed by atoms with Gasteiger partial charge in [-0.2, -0.15) is 0 Å². The van der Waals surface area contributed by atoms with Crippen molar-refractivity contribution in [1.82, 2.24) is 15.5 Å². The van der Waals surface area contributed by atoms with Crippen LogP contribution in [-0.2, 0) is 25.6 Å². The summed E-state index contributed by atoms with van der Waals surface area (Å²) in [6.45, 7) is 1.41. The van der Waals surface area contributed by atoms with E-state index in [0.717, 1.165) is 31.4 Å². The fourth-order valence-electron chi connectivity index (χ4n) is 4.04. The van der Waals surface area contributed by atoms with Crippen molar-refractivity contribution in [2.75, 3.05) is 19.6 Å². The first-order chi connectivity index (χ1) is 14.0. The van der Waals surface area contributed by atoms with Gasteiger partial charge in [0.1, 0.15) is 0 Å². The predicted octanol–water partition coefficient (Wildman–Crippen LogP) is 1.01. The Morgan fingerprint density at radius 2 is 1.83 bits per heavy atom. The molecule has 0 bridgehead atoms. The monoisotopic (exact) mass is 399 g/mol. The Labute approximate surface area is 171 Å².